The predicted molar refractivity (Wildman–Crippen MR) is 64.5 cm³/mol. The van der Waals surface area contributed by atoms with Gasteiger partial charge in [-0.3, -0.25) is 0 Å². The quantitative estimate of drug-likeness (QED) is 0.712. The van der Waals surface area contributed by atoms with E-state index in [4.69, 9.17) is 11.6 Å². The van der Waals surface area contributed by atoms with Crippen molar-refractivity contribution < 1.29 is 4.39 Å². The van der Waals surface area contributed by atoms with Gasteiger partial charge in [0.05, 0.1) is 12.4 Å². The molecule has 2 nitrogen and oxygen atoms in total. The summed E-state index contributed by atoms with van der Waals surface area (Å²) < 4.78 is 12.7. The summed E-state index contributed by atoms with van der Waals surface area (Å²) in [5, 5.41) is 0.262. The van der Waals surface area contributed by atoms with E-state index in [2.05, 4.69) is 9.97 Å². The van der Waals surface area contributed by atoms with E-state index >= 15 is 0 Å². The predicted octanol–water partition coefficient (Wildman–Crippen LogP) is 4.51. The second-order valence-electron chi connectivity index (χ2n) is 1.86. The lowest BCUT2D eigenvalue weighted by Crippen LogP contribution is -1.86. The molecule has 0 saturated carbocycles. The molecule has 0 spiro atoms. The summed E-state index contributed by atoms with van der Waals surface area (Å²) in [5.74, 6) is -0.394. The van der Waals surface area contributed by atoms with E-state index in [1.54, 1.807) is 6.92 Å². The van der Waals surface area contributed by atoms with Crippen molar-refractivity contribution in [2.75, 3.05) is 0 Å². The van der Waals surface area contributed by atoms with Crippen molar-refractivity contribution in [1.29, 1.82) is 0 Å². The molecule has 0 bridgehead atoms. The molecule has 0 aliphatic heterocycles. The number of halogens is 2. The monoisotopic (exact) mass is 232 g/mol. The summed E-state index contributed by atoms with van der Waals surface area (Å²) in [5.41, 5.74) is 0.205. The molecular weight excluding hydrogens is 215 g/mol. The zero-order valence-corrected chi connectivity index (χ0v) is 10.6. The highest BCUT2D eigenvalue weighted by atomic mass is 35.5. The standard InChI is InChI=1S/C7H6ClFN2.2C2H6/c1-2-5(9)6-3-11-7(8)4-10-6;2*1-2/h2-4H,1H3;2*1-2H3/b5-2-;;. The first-order valence-electron chi connectivity index (χ1n) is 5.03. The number of aromatic nitrogens is 2. The van der Waals surface area contributed by atoms with Crippen molar-refractivity contribution in [2.45, 2.75) is 34.6 Å². The van der Waals surface area contributed by atoms with E-state index in [0.717, 1.165) is 0 Å². The van der Waals surface area contributed by atoms with Gasteiger partial charge in [0.15, 0.2) is 0 Å². The summed E-state index contributed by atoms with van der Waals surface area (Å²) in [6.07, 6.45) is 3.91. The Hall–Kier alpha value is -0.960. The Balaban J connectivity index is 0. The first-order valence-corrected chi connectivity index (χ1v) is 5.41. The van der Waals surface area contributed by atoms with Crippen LogP contribution in [0.4, 0.5) is 4.39 Å². The van der Waals surface area contributed by atoms with Crippen LogP contribution in [0.5, 0.6) is 0 Å². The Morgan fingerprint density at radius 2 is 1.73 bits per heavy atom. The van der Waals surface area contributed by atoms with Crippen molar-refractivity contribution in [1.82, 2.24) is 9.97 Å². The average Bonchev–Trinajstić information content (AvgIpc) is 2.34. The number of hydrogen-bond donors (Lipinski definition) is 0. The number of nitrogens with zero attached hydrogens (tertiary/aromatic N) is 2. The molecule has 1 aromatic rings. The molecule has 15 heavy (non-hydrogen) atoms. The van der Waals surface area contributed by atoms with Crippen LogP contribution in [0.15, 0.2) is 18.5 Å². The molecule has 1 rings (SSSR count). The fraction of sp³-hybridized carbons (Fsp3) is 0.455. The number of allylic oxidation sites excluding steroid dienone is 1. The van der Waals surface area contributed by atoms with Crippen LogP contribution >= 0.6 is 11.6 Å². The maximum atomic E-state index is 12.7. The van der Waals surface area contributed by atoms with E-state index < -0.39 is 5.83 Å². The van der Waals surface area contributed by atoms with Gasteiger partial charge >= 0.3 is 0 Å². The summed E-state index contributed by atoms with van der Waals surface area (Å²) in [4.78, 5) is 7.38. The van der Waals surface area contributed by atoms with E-state index in [0.29, 0.717) is 0 Å². The van der Waals surface area contributed by atoms with Crippen LogP contribution in [0.25, 0.3) is 5.83 Å². The SMILES string of the molecule is C/C=C(\F)c1cnc(Cl)cn1.CC.CC. The van der Waals surface area contributed by atoms with Crippen LogP contribution in [-0.2, 0) is 0 Å². The minimum Gasteiger partial charge on any atom is -0.249 e. The van der Waals surface area contributed by atoms with Crippen LogP contribution in [0.2, 0.25) is 5.15 Å². The van der Waals surface area contributed by atoms with Gasteiger partial charge in [0.1, 0.15) is 16.7 Å². The maximum Gasteiger partial charge on any atom is 0.147 e. The molecule has 4 heteroatoms. The van der Waals surface area contributed by atoms with E-state index in [1.807, 2.05) is 27.7 Å². The largest absolute Gasteiger partial charge is 0.249 e. The van der Waals surface area contributed by atoms with Crippen LogP contribution < -0.4 is 0 Å². The molecule has 86 valence electrons. The van der Waals surface area contributed by atoms with Gasteiger partial charge in [-0.2, -0.15) is 0 Å². The highest BCUT2D eigenvalue weighted by molar-refractivity contribution is 6.29. The molecule has 0 saturated heterocycles. The Kier molecular flexibility index (Phi) is 12.2. The zero-order chi connectivity index (χ0) is 12.3. The highest BCUT2D eigenvalue weighted by Gasteiger charge is 1.99. The van der Waals surface area contributed by atoms with Gasteiger partial charge < -0.3 is 0 Å². The van der Waals surface area contributed by atoms with Gasteiger partial charge in [-0.1, -0.05) is 39.3 Å². The lowest BCUT2D eigenvalue weighted by molar-refractivity contribution is 0.749. The van der Waals surface area contributed by atoms with Crippen molar-refractivity contribution in [3.63, 3.8) is 0 Å². The van der Waals surface area contributed by atoms with E-state index in [1.165, 1.54) is 18.5 Å². The van der Waals surface area contributed by atoms with Crippen LogP contribution in [-0.4, -0.2) is 9.97 Å². The van der Waals surface area contributed by atoms with Crippen molar-refractivity contribution in [2.24, 2.45) is 0 Å². The second kappa shape index (κ2) is 11.1. The fourth-order valence-electron chi connectivity index (χ4n) is 0.583. The minimum atomic E-state index is -0.394. The molecule has 0 radical (unpaired) electrons. The van der Waals surface area contributed by atoms with Gasteiger partial charge in [0, 0.05) is 0 Å². The first kappa shape index (κ1) is 16.5. The van der Waals surface area contributed by atoms with Gasteiger partial charge in [-0.25, -0.2) is 14.4 Å². The third kappa shape index (κ3) is 7.03. The van der Waals surface area contributed by atoms with Crippen LogP contribution in [0, 0.1) is 0 Å². The molecule has 1 heterocycles. The smallest absolute Gasteiger partial charge is 0.147 e. The molecule has 0 fully saturated rings. The molecule has 0 amide bonds. The highest BCUT2D eigenvalue weighted by Crippen LogP contribution is 2.12. The van der Waals surface area contributed by atoms with E-state index in [9.17, 15) is 4.39 Å². The molecule has 0 aliphatic carbocycles. The Bertz CT molecular complexity index is 270. The second-order valence-corrected chi connectivity index (χ2v) is 2.25. The summed E-state index contributed by atoms with van der Waals surface area (Å²) >= 11 is 5.44. The fourth-order valence-corrected chi connectivity index (χ4v) is 0.681. The normalized spacial score (nSPS) is 9.40. The molecule has 0 aliphatic rings. The molecule has 0 atom stereocenters. The maximum absolute atomic E-state index is 12.7. The molecule has 1 aromatic heterocycles. The first-order chi connectivity index (χ1) is 7.24. The summed E-state index contributed by atoms with van der Waals surface area (Å²) in [6.45, 7) is 9.59. The van der Waals surface area contributed by atoms with Gasteiger partial charge in [0.2, 0.25) is 0 Å². The van der Waals surface area contributed by atoms with Gasteiger partial charge in [-0.15, -0.1) is 0 Å². The lowest BCUT2D eigenvalue weighted by atomic mass is 10.4. The van der Waals surface area contributed by atoms with Crippen molar-refractivity contribution in [3.8, 4) is 0 Å². The van der Waals surface area contributed by atoms with Crippen LogP contribution in [0.1, 0.15) is 40.3 Å². The zero-order valence-electron chi connectivity index (χ0n) is 9.88. The number of hydrogen-bond acceptors (Lipinski definition) is 2. The summed E-state index contributed by atoms with van der Waals surface area (Å²) in [7, 11) is 0. The lowest BCUT2D eigenvalue weighted by Gasteiger charge is -1.93. The van der Waals surface area contributed by atoms with Gasteiger partial charge in [-0.05, 0) is 13.0 Å². The Labute approximate surface area is 96.2 Å². The van der Waals surface area contributed by atoms with Crippen molar-refractivity contribution in [3.05, 3.63) is 29.3 Å². The summed E-state index contributed by atoms with van der Waals surface area (Å²) in [6, 6.07) is 0. The van der Waals surface area contributed by atoms with Gasteiger partial charge in [0.25, 0.3) is 0 Å². The Morgan fingerprint density at radius 1 is 1.20 bits per heavy atom. The number of rotatable bonds is 1. The molecular formula is C11H18ClFN2. The average molecular weight is 233 g/mol. The van der Waals surface area contributed by atoms with E-state index in [-0.39, 0.29) is 10.8 Å². The minimum absolute atomic E-state index is 0.205. The molecule has 0 N–H and O–H groups in total. The molecule has 0 aromatic carbocycles. The third-order valence-corrected chi connectivity index (χ3v) is 1.31. The van der Waals surface area contributed by atoms with Crippen molar-refractivity contribution >= 4 is 17.4 Å². The third-order valence-electron chi connectivity index (χ3n) is 1.12. The van der Waals surface area contributed by atoms with Crippen LogP contribution in [0.3, 0.4) is 0 Å². The topological polar surface area (TPSA) is 25.8 Å². The molecule has 0 unspecified atom stereocenters. The Morgan fingerprint density at radius 3 is 2.07 bits per heavy atom.